The number of aromatic nitrogens is 2. The van der Waals surface area contributed by atoms with Gasteiger partial charge in [-0.05, 0) is 18.6 Å². The molecule has 1 aromatic carbocycles. The highest BCUT2D eigenvalue weighted by atomic mass is 16.5. The fourth-order valence-electron chi connectivity index (χ4n) is 3.99. The number of para-hydroxylation sites is 2. The van der Waals surface area contributed by atoms with Crippen LogP contribution in [0.5, 0.6) is 0 Å². The summed E-state index contributed by atoms with van der Waals surface area (Å²) in [6.45, 7) is 3.64. The molecular formula is C19H26N4O4. The Labute approximate surface area is 158 Å². The zero-order valence-electron chi connectivity index (χ0n) is 15.3. The van der Waals surface area contributed by atoms with Crippen LogP contribution < -0.4 is 0 Å². The second kappa shape index (κ2) is 7.93. The smallest absolute Gasteiger partial charge is 0.242 e. The van der Waals surface area contributed by atoms with Gasteiger partial charge in [0.05, 0.1) is 48.8 Å². The van der Waals surface area contributed by atoms with Crippen molar-refractivity contribution >= 4 is 16.9 Å². The van der Waals surface area contributed by atoms with Gasteiger partial charge in [-0.25, -0.2) is 4.98 Å². The summed E-state index contributed by atoms with van der Waals surface area (Å²) in [4.78, 5) is 21.2. The number of hydrogen-bond acceptors (Lipinski definition) is 6. The molecule has 0 bridgehead atoms. The Hall–Kier alpha value is -2.00. The van der Waals surface area contributed by atoms with Crippen molar-refractivity contribution in [1.29, 1.82) is 0 Å². The van der Waals surface area contributed by atoms with Crippen LogP contribution in [0.2, 0.25) is 0 Å². The number of fused-ring (bicyclic) bond motifs is 1. The first-order valence-corrected chi connectivity index (χ1v) is 9.49. The van der Waals surface area contributed by atoms with Crippen molar-refractivity contribution in [3.05, 3.63) is 30.6 Å². The predicted octanol–water partition coefficient (Wildman–Crippen LogP) is -0.309. The van der Waals surface area contributed by atoms with Crippen LogP contribution in [-0.2, 0) is 16.1 Å². The number of nitrogens with zero attached hydrogens (tertiary/aromatic N) is 4. The number of aliphatic hydroxyl groups is 2. The van der Waals surface area contributed by atoms with Crippen LogP contribution in [-0.4, -0.2) is 93.1 Å². The molecule has 2 aliphatic heterocycles. The molecule has 0 spiro atoms. The maximum atomic E-state index is 13.0. The highest BCUT2D eigenvalue weighted by molar-refractivity contribution is 5.80. The van der Waals surface area contributed by atoms with Gasteiger partial charge in [0.15, 0.2) is 0 Å². The number of carbonyl (C=O) groups is 1. The number of imidazole rings is 1. The Kier molecular flexibility index (Phi) is 5.40. The van der Waals surface area contributed by atoms with Gasteiger partial charge in [-0.3, -0.25) is 9.69 Å². The van der Waals surface area contributed by atoms with Crippen molar-refractivity contribution in [2.75, 3.05) is 39.4 Å². The topological polar surface area (TPSA) is 91.1 Å². The van der Waals surface area contributed by atoms with Crippen molar-refractivity contribution in [2.24, 2.45) is 0 Å². The predicted molar refractivity (Wildman–Crippen MR) is 99.1 cm³/mol. The standard InChI is InChI=1S/C19H26N4O4/c24-17-5-6-22(11-16(19(17)26)21-7-9-27-10-8-21)18(25)12-23-13-20-14-3-1-2-4-15(14)23/h1-4,13,16-17,19,24,26H,5-12H2/t16-,17-,19+/m1/s1. The average molecular weight is 374 g/mol. The molecule has 27 heavy (non-hydrogen) atoms. The number of carbonyl (C=O) groups excluding carboxylic acids is 1. The van der Waals surface area contributed by atoms with Gasteiger partial charge in [0.25, 0.3) is 0 Å². The van der Waals surface area contributed by atoms with E-state index in [4.69, 9.17) is 4.74 Å². The van der Waals surface area contributed by atoms with Crippen molar-refractivity contribution in [3.8, 4) is 0 Å². The lowest BCUT2D eigenvalue weighted by molar-refractivity contribution is -0.133. The van der Waals surface area contributed by atoms with Crippen LogP contribution in [0.25, 0.3) is 11.0 Å². The molecule has 2 aliphatic rings. The van der Waals surface area contributed by atoms with E-state index in [-0.39, 0.29) is 18.5 Å². The van der Waals surface area contributed by atoms with Crippen LogP contribution in [0, 0.1) is 0 Å². The summed E-state index contributed by atoms with van der Waals surface area (Å²) in [7, 11) is 0. The minimum absolute atomic E-state index is 0.0299. The molecule has 3 heterocycles. The van der Waals surface area contributed by atoms with Crippen molar-refractivity contribution in [1.82, 2.24) is 19.4 Å². The molecule has 0 aliphatic carbocycles. The van der Waals surface area contributed by atoms with Gasteiger partial charge < -0.3 is 24.4 Å². The molecule has 2 fully saturated rings. The van der Waals surface area contributed by atoms with Crippen LogP contribution in [0.3, 0.4) is 0 Å². The zero-order valence-corrected chi connectivity index (χ0v) is 15.3. The highest BCUT2D eigenvalue weighted by Crippen LogP contribution is 2.20. The minimum Gasteiger partial charge on any atom is -0.390 e. The van der Waals surface area contributed by atoms with Crippen molar-refractivity contribution in [2.45, 2.75) is 31.2 Å². The van der Waals surface area contributed by atoms with Crippen LogP contribution in [0.4, 0.5) is 0 Å². The number of amides is 1. The van der Waals surface area contributed by atoms with Gasteiger partial charge in [-0.1, -0.05) is 12.1 Å². The van der Waals surface area contributed by atoms with Gasteiger partial charge in [0.2, 0.25) is 5.91 Å². The van der Waals surface area contributed by atoms with E-state index < -0.39 is 12.2 Å². The van der Waals surface area contributed by atoms with Gasteiger partial charge >= 0.3 is 0 Å². The number of hydrogen-bond donors (Lipinski definition) is 2. The number of morpholine rings is 1. The van der Waals surface area contributed by atoms with Gasteiger partial charge in [-0.2, -0.15) is 0 Å². The van der Waals surface area contributed by atoms with Crippen molar-refractivity contribution in [3.63, 3.8) is 0 Å². The summed E-state index contributed by atoms with van der Waals surface area (Å²) >= 11 is 0. The van der Waals surface area contributed by atoms with E-state index in [0.29, 0.717) is 45.8 Å². The monoisotopic (exact) mass is 374 g/mol. The molecule has 3 atom stereocenters. The number of ether oxygens (including phenoxy) is 1. The molecule has 4 rings (SSSR count). The third kappa shape index (κ3) is 3.84. The first kappa shape index (κ1) is 18.4. The number of rotatable bonds is 3. The Balaban J connectivity index is 1.50. The number of aliphatic hydroxyl groups excluding tert-OH is 2. The largest absolute Gasteiger partial charge is 0.390 e. The lowest BCUT2D eigenvalue weighted by Gasteiger charge is -2.38. The third-order valence-electron chi connectivity index (χ3n) is 5.59. The summed E-state index contributed by atoms with van der Waals surface area (Å²) in [5.74, 6) is -0.0299. The van der Waals surface area contributed by atoms with E-state index >= 15 is 0 Å². The molecule has 2 N–H and O–H groups in total. The molecule has 2 saturated heterocycles. The molecule has 1 amide bonds. The van der Waals surface area contributed by atoms with Gasteiger partial charge in [-0.15, -0.1) is 0 Å². The number of benzene rings is 1. The quantitative estimate of drug-likeness (QED) is 0.766. The third-order valence-corrected chi connectivity index (χ3v) is 5.59. The summed E-state index contributed by atoms with van der Waals surface area (Å²) in [6.07, 6.45) is 0.363. The maximum Gasteiger partial charge on any atom is 0.242 e. The Morgan fingerprint density at radius 3 is 2.78 bits per heavy atom. The number of likely N-dealkylation sites (tertiary alicyclic amines) is 1. The molecule has 2 aromatic rings. The van der Waals surface area contributed by atoms with Gasteiger partial charge in [0, 0.05) is 26.2 Å². The minimum atomic E-state index is -0.866. The average Bonchev–Trinajstić information content (AvgIpc) is 3.04. The van der Waals surface area contributed by atoms with Gasteiger partial charge in [0.1, 0.15) is 6.54 Å². The first-order chi connectivity index (χ1) is 13.1. The summed E-state index contributed by atoms with van der Waals surface area (Å²) in [6, 6.07) is 7.44. The first-order valence-electron chi connectivity index (χ1n) is 9.49. The van der Waals surface area contributed by atoms with Crippen molar-refractivity contribution < 1.29 is 19.7 Å². The van der Waals surface area contributed by atoms with Crippen LogP contribution >= 0.6 is 0 Å². The van der Waals surface area contributed by atoms with Crippen LogP contribution in [0.1, 0.15) is 6.42 Å². The van der Waals surface area contributed by atoms with E-state index in [2.05, 4.69) is 9.88 Å². The maximum absolute atomic E-state index is 13.0. The highest BCUT2D eigenvalue weighted by Gasteiger charge is 2.37. The lowest BCUT2D eigenvalue weighted by atomic mass is 10.0. The van der Waals surface area contributed by atoms with E-state index in [1.54, 1.807) is 11.2 Å². The lowest BCUT2D eigenvalue weighted by Crippen LogP contribution is -2.55. The van der Waals surface area contributed by atoms with E-state index in [1.807, 2.05) is 28.8 Å². The fraction of sp³-hybridized carbons (Fsp3) is 0.579. The molecule has 8 nitrogen and oxygen atoms in total. The molecule has 0 radical (unpaired) electrons. The summed E-state index contributed by atoms with van der Waals surface area (Å²) in [5.41, 5.74) is 1.78. The second-order valence-corrected chi connectivity index (χ2v) is 7.26. The molecule has 0 saturated carbocycles. The Morgan fingerprint density at radius 1 is 1.19 bits per heavy atom. The second-order valence-electron chi connectivity index (χ2n) is 7.26. The fourth-order valence-corrected chi connectivity index (χ4v) is 3.99. The SMILES string of the molecule is O=C(Cn1cnc2ccccc21)N1CC[C@@H](O)[C@@H](O)[C@H](N2CCOCC2)C1. The molecular weight excluding hydrogens is 348 g/mol. The molecule has 8 heteroatoms. The Morgan fingerprint density at radius 2 is 1.96 bits per heavy atom. The zero-order chi connectivity index (χ0) is 18.8. The summed E-state index contributed by atoms with van der Waals surface area (Å²) < 4.78 is 7.24. The molecule has 0 unspecified atom stereocenters. The Bertz CT molecular complexity index is 789. The molecule has 146 valence electrons. The van der Waals surface area contributed by atoms with E-state index in [9.17, 15) is 15.0 Å². The summed E-state index contributed by atoms with van der Waals surface area (Å²) in [5, 5.41) is 20.9. The molecule has 1 aromatic heterocycles. The van der Waals surface area contributed by atoms with E-state index in [1.165, 1.54) is 0 Å². The van der Waals surface area contributed by atoms with Crippen LogP contribution in [0.15, 0.2) is 30.6 Å². The van der Waals surface area contributed by atoms with E-state index in [0.717, 1.165) is 11.0 Å². The normalized spacial score (nSPS) is 27.6.